The van der Waals surface area contributed by atoms with E-state index in [1.807, 2.05) is 24.3 Å². The lowest BCUT2D eigenvalue weighted by molar-refractivity contribution is 0.0215. The summed E-state index contributed by atoms with van der Waals surface area (Å²) in [4.78, 5) is 13.1. The Morgan fingerprint density at radius 2 is 1.54 bits per heavy atom. The van der Waals surface area contributed by atoms with Gasteiger partial charge in [0.1, 0.15) is 16.4 Å². The summed E-state index contributed by atoms with van der Waals surface area (Å²) in [6.07, 6.45) is 0. The molecule has 0 radical (unpaired) electrons. The minimum absolute atomic E-state index is 0.203. The molecule has 0 fully saturated rings. The van der Waals surface area contributed by atoms with Crippen molar-refractivity contribution in [2.75, 3.05) is 0 Å². The van der Waals surface area contributed by atoms with Crippen molar-refractivity contribution < 1.29 is 22.7 Å². The monoisotopic (exact) mass is 362 g/mol. The Labute approximate surface area is 148 Å². The van der Waals surface area contributed by atoms with Gasteiger partial charge in [0.2, 0.25) is 9.84 Å². The zero-order valence-electron chi connectivity index (χ0n) is 13.2. The van der Waals surface area contributed by atoms with Crippen molar-refractivity contribution >= 4 is 15.8 Å². The average Bonchev–Trinajstić information content (AvgIpc) is 3.08. The second kappa shape index (κ2) is 4.16. The van der Waals surface area contributed by atoms with E-state index >= 15 is 0 Å². The van der Waals surface area contributed by atoms with Crippen molar-refractivity contribution in [1.29, 1.82) is 0 Å². The molecule has 0 saturated carbocycles. The summed E-state index contributed by atoms with van der Waals surface area (Å²) in [6, 6.07) is 17.5. The summed E-state index contributed by atoms with van der Waals surface area (Å²) < 4.78 is 36.8. The van der Waals surface area contributed by atoms with Crippen molar-refractivity contribution in [1.82, 2.24) is 0 Å². The molecule has 1 atom stereocenters. The lowest BCUT2D eigenvalue weighted by Crippen LogP contribution is -2.33. The minimum atomic E-state index is -3.47. The van der Waals surface area contributed by atoms with Crippen molar-refractivity contribution in [3.8, 4) is 11.5 Å². The summed E-state index contributed by atoms with van der Waals surface area (Å²) in [7, 11) is -3.47. The Balaban J connectivity index is 1.81. The van der Waals surface area contributed by atoms with Crippen LogP contribution in [0.4, 0.5) is 0 Å². The van der Waals surface area contributed by atoms with Crippen LogP contribution in [0.2, 0.25) is 0 Å². The molecular formula is C20H10O5S. The maximum absolute atomic E-state index is 12.6. The maximum Gasteiger partial charge on any atom is 0.340 e. The molecule has 0 saturated heterocycles. The molecule has 0 N–H and O–H groups in total. The maximum atomic E-state index is 12.6. The molecule has 0 bridgehead atoms. The highest BCUT2D eigenvalue weighted by Gasteiger charge is 2.59. The van der Waals surface area contributed by atoms with Gasteiger partial charge < -0.3 is 9.47 Å². The number of hydrogen-bond donors (Lipinski definition) is 0. The molecule has 5 nitrogen and oxygen atoms in total. The molecule has 126 valence electrons. The van der Waals surface area contributed by atoms with Gasteiger partial charge in [0, 0.05) is 11.1 Å². The molecule has 3 aromatic rings. The van der Waals surface area contributed by atoms with Gasteiger partial charge in [-0.1, -0.05) is 36.4 Å². The largest absolute Gasteiger partial charge is 0.456 e. The molecule has 3 aromatic carbocycles. The molecule has 6 heteroatoms. The second-order valence-electron chi connectivity index (χ2n) is 6.48. The Morgan fingerprint density at radius 1 is 0.808 bits per heavy atom. The van der Waals surface area contributed by atoms with Crippen LogP contribution in [0.1, 0.15) is 27.0 Å². The van der Waals surface area contributed by atoms with E-state index in [4.69, 9.17) is 9.47 Å². The average molecular weight is 362 g/mol. The zero-order valence-corrected chi connectivity index (χ0v) is 14.0. The van der Waals surface area contributed by atoms with Crippen LogP contribution in [0.15, 0.2) is 70.5 Å². The van der Waals surface area contributed by atoms with E-state index in [1.54, 1.807) is 30.3 Å². The standard InChI is InChI=1S/C20H10O5S/c21-19-11-5-1-2-6-12(11)20(25-19)13-7-3-4-8-14(13)24-15-9-10-16-18(17(15)20)26(16,22)23/h1-10H. The molecule has 1 spiro atoms. The molecule has 0 amide bonds. The number of ether oxygens (including phenoxy) is 2. The summed E-state index contributed by atoms with van der Waals surface area (Å²) in [6.45, 7) is 0. The molecule has 3 aliphatic rings. The smallest absolute Gasteiger partial charge is 0.340 e. The highest BCUT2D eigenvalue weighted by molar-refractivity contribution is 7.97. The van der Waals surface area contributed by atoms with E-state index in [9.17, 15) is 13.2 Å². The minimum Gasteiger partial charge on any atom is -0.456 e. The molecule has 3 aliphatic heterocycles. The van der Waals surface area contributed by atoms with Crippen LogP contribution in [-0.2, 0) is 20.2 Å². The third-order valence-corrected chi connectivity index (χ3v) is 6.89. The van der Waals surface area contributed by atoms with Gasteiger partial charge in [-0.05, 0) is 24.3 Å². The number of carbonyl (C=O) groups is 1. The fourth-order valence-corrected chi connectivity index (χ4v) is 5.65. The van der Waals surface area contributed by atoms with Crippen molar-refractivity contribution in [2.24, 2.45) is 0 Å². The van der Waals surface area contributed by atoms with E-state index < -0.39 is 21.4 Å². The third-order valence-electron chi connectivity index (χ3n) is 5.21. The highest BCUT2D eigenvalue weighted by atomic mass is 32.2. The van der Waals surface area contributed by atoms with Crippen LogP contribution >= 0.6 is 0 Å². The van der Waals surface area contributed by atoms with E-state index in [1.165, 1.54) is 6.07 Å². The van der Waals surface area contributed by atoms with Crippen molar-refractivity contribution in [3.05, 3.63) is 82.9 Å². The van der Waals surface area contributed by atoms with Crippen LogP contribution in [-0.4, -0.2) is 14.4 Å². The van der Waals surface area contributed by atoms with Gasteiger partial charge in [-0.25, -0.2) is 13.2 Å². The summed E-state index contributed by atoms with van der Waals surface area (Å²) in [5.74, 6) is 0.467. The van der Waals surface area contributed by atoms with Gasteiger partial charge in [0.25, 0.3) is 0 Å². The number of rotatable bonds is 0. The molecule has 0 aliphatic carbocycles. The van der Waals surface area contributed by atoms with E-state index in [0.29, 0.717) is 33.8 Å². The number of carbonyl (C=O) groups excluding carboxylic acids is 1. The number of para-hydroxylation sites is 1. The molecule has 6 rings (SSSR count). The second-order valence-corrected chi connectivity index (χ2v) is 8.34. The number of benzene rings is 3. The van der Waals surface area contributed by atoms with E-state index in [2.05, 4.69) is 0 Å². The lowest BCUT2D eigenvalue weighted by atomic mass is 9.78. The topological polar surface area (TPSA) is 69.7 Å². The van der Waals surface area contributed by atoms with Gasteiger partial charge in [0.15, 0.2) is 5.60 Å². The van der Waals surface area contributed by atoms with Crippen LogP contribution in [0.5, 0.6) is 11.5 Å². The fourth-order valence-electron chi connectivity index (χ4n) is 4.10. The van der Waals surface area contributed by atoms with Crippen molar-refractivity contribution in [3.63, 3.8) is 0 Å². The number of fused-ring (bicyclic) bond motifs is 8. The summed E-state index contributed by atoms with van der Waals surface area (Å²) in [5.41, 5.74) is 0.781. The molecule has 0 aromatic heterocycles. The molecular weight excluding hydrogens is 352 g/mol. The Bertz CT molecular complexity index is 1280. The number of esters is 1. The van der Waals surface area contributed by atoms with Crippen molar-refractivity contribution in [2.45, 2.75) is 15.4 Å². The predicted octanol–water partition coefficient (Wildman–Crippen LogP) is 3.40. The SMILES string of the molecule is O=C1OC2(c3ccccc3Oc3ccc4c(c32)S4(=O)=O)c2ccccc21. The van der Waals surface area contributed by atoms with Gasteiger partial charge in [-0.15, -0.1) is 0 Å². The Morgan fingerprint density at radius 3 is 2.38 bits per heavy atom. The highest BCUT2D eigenvalue weighted by Crippen LogP contribution is 2.61. The zero-order chi connectivity index (χ0) is 17.7. The molecule has 26 heavy (non-hydrogen) atoms. The quantitative estimate of drug-likeness (QED) is 0.354. The molecule has 3 heterocycles. The van der Waals surface area contributed by atoms with Crippen LogP contribution in [0.3, 0.4) is 0 Å². The van der Waals surface area contributed by atoms with Crippen LogP contribution in [0.25, 0.3) is 0 Å². The Hall–Kier alpha value is -3.12. The van der Waals surface area contributed by atoms with Crippen LogP contribution < -0.4 is 4.74 Å². The first kappa shape index (κ1) is 14.1. The van der Waals surface area contributed by atoms with Crippen LogP contribution in [0, 0.1) is 0 Å². The van der Waals surface area contributed by atoms with Gasteiger partial charge in [-0.2, -0.15) is 0 Å². The summed E-state index contributed by atoms with van der Waals surface area (Å²) >= 11 is 0. The predicted molar refractivity (Wildman–Crippen MR) is 90.1 cm³/mol. The third kappa shape index (κ3) is 1.40. The number of sulfone groups is 1. The lowest BCUT2D eigenvalue weighted by Gasteiger charge is -2.35. The Kier molecular flexibility index (Phi) is 2.26. The van der Waals surface area contributed by atoms with Gasteiger partial charge in [-0.3, -0.25) is 0 Å². The van der Waals surface area contributed by atoms with E-state index in [0.717, 1.165) is 0 Å². The van der Waals surface area contributed by atoms with E-state index in [-0.39, 0.29) is 9.79 Å². The van der Waals surface area contributed by atoms with Gasteiger partial charge in [0.05, 0.1) is 16.0 Å². The normalized spacial score (nSPS) is 22.5. The number of hydrogen-bond acceptors (Lipinski definition) is 5. The molecule has 1 unspecified atom stereocenters. The first-order chi connectivity index (χ1) is 12.5. The summed E-state index contributed by atoms with van der Waals surface area (Å²) in [5, 5.41) is 0. The van der Waals surface area contributed by atoms with Gasteiger partial charge >= 0.3 is 5.97 Å². The fraction of sp³-hybridized carbons (Fsp3) is 0.0500. The first-order valence-electron chi connectivity index (χ1n) is 8.08. The first-order valence-corrected chi connectivity index (χ1v) is 9.56.